The molecule has 0 atom stereocenters. The fourth-order valence-corrected chi connectivity index (χ4v) is 0.608. The molecule has 1 rings (SSSR count). The van der Waals surface area contributed by atoms with Crippen molar-refractivity contribution < 1.29 is 0 Å². The van der Waals surface area contributed by atoms with Crippen molar-refractivity contribution in [1.29, 1.82) is 0 Å². The molecule has 0 saturated heterocycles. The number of hydrogen-bond donors (Lipinski definition) is 1. The molecule has 1 aliphatic heterocycles. The molecule has 0 aromatic carbocycles. The van der Waals surface area contributed by atoms with E-state index in [1.165, 1.54) is 0 Å². The van der Waals surface area contributed by atoms with E-state index in [0.717, 1.165) is 0 Å². The zero-order valence-electron chi connectivity index (χ0n) is 4.36. The lowest BCUT2D eigenvalue weighted by atomic mass is 10.5. The maximum atomic E-state index is 4.05. The number of allylic oxidation sites excluding steroid dienone is 4. The first-order chi connectivity index (χ1) is 3.89. The van der Waals surface area contributed by atoms with Crippen LogP contribution >= 0.6 is 12.8 Å². The molecule has 1 heterocycles. The van der Waals surface area contributed by atoms with Crippen molar-refractivity contribution in [2.24, 2.45) is 0 Å². The van der Waals surface area contributed by atoms with Crippen molar-refractivity contribution in [2.75, 3.05) is 0 Å². The smallest absolute Gasteiger partial charge is 0.0153 e. The summed E-state index contributed by atoms with van der Waals surface area (Å²) in [5.41, 5.74) is 0. The van der Waals surface area contributed by atoms with Gasteiger partial charge in [0.1, 0.15) is 0 Å². The van der Waals surface area contributed by atoms with Crippen LogP contribution < -0.4 is 0 Å². The summed E-state index contributed by atoms with van der Waals surface area (Å²) < 4.78 is 1.69. The fraction of sp³-hybridized carbons (Fsp3) is 0. The van der Waals surface area contributed by atoms with Crippen LogP contribution in [0.25, 0.3) is 0 Å². The monoisotopic (exact) mass is 125 g/mol. The highest BCUT2D eigenvalue weighted by Crippen LogP contribution is 1.99. The van der Waals surface area contributed by atoms with Gasteiger partial charge in [-0.05, 0) is 12.2 Å². The lowest BCUT2D eigenvalue weighted by Gasteiger charge is -2.00. The van der Waals surface area contributed by atoms with Crippen LogP contribution in [0.1, 0.15) is 0 Å². The predicted octanol–water partition coefficient (Wildman–Crippen LogP) is 1.73. The highest BCUT2D eigenvalue weighted by molar-refractivity contribution is 7.77. The number of rotatable bonds is 0. The third-order valence-corrected chi connectivity index (χ3v) is 1.08. The number of thiol groups is 1. The Morgan fingerprint density at radius 3 is 1.88 bits per heavy atom. The van der Waals surface area contributed by atoms with Crippen LogP contribution in [0.4, 0.5) is 0 Å². The largest absolute Gasteiger partial charge is 0.302 e. The van der Waals surface area contributed by atoms with Gasteiger partial charge in [0.25, 0.3) is 0 Å². The molecule has 0 aliphatic carbocycles. The summed E-state index contributed by atoms with van der Waals surface area (Å²) >= 11 is 4.05. The Balaban J connectivity index is 2.66. The van der Waals surface area contributed by atoms with Crippen LogP contribution in [0, 0.1) is 0 Å². The quantitative estimate of drug-likeness (QED) is 0.482. The van der Waals surface area contributed by atoms with Crippen LogP contribution in [-0.2, 0) is 0 Å². The highest BCUT2D eigenvalue weighted by atomic mass is 32.1. The molecule has 0 amide bonds. The number of nitrogens with zero attached hydrogens (tertiary/aromatic N) is 1. The van der Waals surface area contributed by atoms with E-state index in [2.05, 4.69) is 12.8 Å². The normalized spacial score (nSPS) is 16.9. The maximum Gasteiger partial charge on any atom is 0.0153 e. The van der Waals surface area contributed by atoms with Gasteiger partial charge < -0.3 is 4.31 Å². The van der Waals surface area contributed by atoms with E-state index in [-0.39, 0.29) is 0 Å². The van der Waals surface area contributed by atoms with E-state index in [4.69, 9.17) is 0 Å². The van der Waals surface area contributed by atoms with Gasteiger partial charge >= 0.3 is 0 Å². The summed E-state index contributed by atoms with van der Waals surface area (Å²) in [6.45, 7) is 0. The topological polar surface area (TPSA) is 3.24 Å². The van der Waals surface area contributed by atoms with E-state index in [1.807, 2.05) is 36.7 Å². The van der Waals surface area contributed by atoms with Gasteiger partial charge in [-0.25, -0.2) is 0 Å². The summed E-state index contributed by atoms with van der Waals surface area (Å²) in [5, 5.41) is 0. The summed E-state index contributed by atoms with van der Waals surface area (Å²) in [6, 6.07) is 0. The zero-order valence-corrected chi connectivity index (χ0v) is 5.25. The molecular formula is C6H7NS. The van der Waals surface area contributed by atoms with Gasteiger partial charge in [0.15, 0.2) is 0 Å². The Labute approximate surface area is 54.5 Å². The Bertz CT molecular complexity index is 131. The summed E-state index contributed by atoms with van der Waals surface area (Å²) in [6.07, 6.45) is 11.5. The lowest BCUT2D eigenvalue weighted by Crippen LogP contribution is -1.87. The van der Waals surface area contributed by atoms with Gasteiger partial charge in [0.2, 0.25) is 0 Å². The fourth-order valence-electron chi connectivity index (χ4n) is 0.454. The van der Waals surface area contributed by atoms with Crippen molar-refractivity contribution in [1.82, 2.24) is 4.31 Å². The highest BCUT2D eigenvalue weighted by Gasteiger charge is 1.81. The van der Waals surface area contributed by atoms with Gasteiger partial charge in [-0.15, -0.1) is 0 Å². The first-order valence-electron chi connectivity index (χ1n) is 2.38. The van der Waals surface area contributed by atoms with Gasteiger partial charge in [-0.2, -0.15) is 0 Å². The molecule has 0 saturated carbocycles. The number of hydrogen-bond acceptors (Lipinski definition) is 2. The average molecular weight is 125 g/mol. The molecule has 2 heteroatoms. The minimum atomic E-state index is 1.69. The SMILES string of the molecule is SN1C=CC=CC=C1. The van der Waals surface area contributed by atoms with E-state index in [0.29, 0.717) is 0 Å². The van der Waals surface area contributed by atoms with Crippen molar-refractivity contribution in [3.63, 3.8) is 0 Å². The Morgan fingerprint density at radius 2 is 1.38 bits per heavy atom. The maximum absolute atomic E-state index is 4.05. The van der Waals surface area contributed by atoms with E-state index >= 15 is 0 Å². The van der Waals surface area contributed by atoms with Gasteiger partial charge in [-0.1, -0.05) is 25.0 Å². The molecule has 1 nitrogen and oxygen atoms in total. The van der Waals surface area contributed by atoms with Crippen LogP contribution in [-0.4, -0.2) is 4.31 Å². The molecule has 0 N–H and O–H groups in total. The summed E-state index contributed by atoms with van der Waals surface area (Å²) in [5.74, 6) is 0. The molecule has 0 spiro atoms. The predicted molar refractivity (Wildman–Crippen MR) is 38.2 cm³/mol. The molecule has 0 fully saturated rings. The summed E-state index contributed by atoms with van der Waals surface area (Å²) in [7, 11) is 0. The van der Waals surface area contributed by atoms with Crippen LogP contribution in [0.2, 0.25) is 0 Å². The Hall–Kier alpha value is -0.630. The molecule has 1 aliphatic rings. The van der Waals surface area contributed by atoms with E-state index < -0.39 is 0 Å². The minimum Gasteiger partial charge on any atom is -0.302 e. The molecule has 42 valence electrons. The van der Waals surface area contributed by atoms with Crippen molar-refractivity contribution in [3.8, 4) is 0 Å². The van der Waals surface area contributed by atoms with E-state index in [9.17, 15) is 0 Å². The molecule has 0 unspecified atom stereocenters. The van der Waals surface area contributed by atoms with Gasteiger partial charge in [-0.3, -0.25) is 0 Å². The van der Waals surface area contributed by atoms with E-state index in [1.54, 1.807) is 4.31 Å². The van der Waals surface area contributed by atoms with Crippen LogP contribution in [0.15, 0.2) is 36.7 Å². The molecule has 0 aromatic rings. The molecule has 0 radical (unpaired) electrons. The third-order valence-electron chi connectivity index (χ3n) is 0.811. The van der Waals surface area contributed by atoms with Gasteiger partial charge in [0, 0.05) is 12.4 Å². The van der Waals surface area contributed by atoms with Crippen molar-refractivity contribution in [2.45, 2.75) is 0 Å². The third kappa shape index (κ3) is 1.46. The minimum absolute atomic E-state index is 1.69. The second-order valence-electron chi connectivity index (χ2n) is 1.45. The molecule has 0 bridgehead atoms. The molecule has 0 aromatic heterocycles. The van der Waals surface area contributed by atoms with Crippen molar-refractivity contribution in [3.05, 3.63) is 36.7 Å². The summed E-state index contributed by atoms with van der Waals surface area (Å²) in [4.78, 5) is 0. The van der Waals surface area contributed by atoms with Crippen molar-refractivity contribution >= 4 is 12.8 Å². The Kier molecular flexibility index (Phi) is 1.80. The Morgan fingerprint density at radius 1 is 0.875 bits per heavy atom. The van der Waals surface area contributed by atoms with Crippen LogP contribution in [0.3, 0.4) is 0 Å². The zero-order chi connectivity index (χ0) is 5.82. The second-order valence-corrected chi connectivity index (χ2v) is 1.91. The van der Waals surface area contributed by atoms with Gasteiger partial charge in [0.05, 0.1) is 0 Å². The molecular weight excluding hydrogens is 118 g/mol. The standard InChI is InChI=1S/C6H7NS/c8-7-5-3-1-2-4-6-7/h1-6,8H. The lowest BCUT2D eigenvalue weighted by molar-refractivity contribution is 0.868. The second kappa shape index (κ2) is 2.62. The molecule has 8 heavy (non-hydrogen) atoms. The first kappa shape index (κ1) is 5.51. The first-order valence-corrected chi connectivity index (χ1v) is 2.78. The van der Waals surface area contributed by atoms with Crippen LogP contribution in [0.5, 0.6) is 0 Å². The average Bonchev–Trinajstić information content (AvgIpc) is 1.94.